The maximum atomic E-state index is 10.8. The van der Waals surface area contributed by atoms with Crippen LogP contribution in [0.25, 0.3) is 0 Å². The van der Waals surface area contributed by atoms with Crippen molar-refractivity contribution in [3.8, 4) is 0 Å². The van der Waals surface area contributed by atoms with Crippen molar-refractivity contribution >= 4 is 7.14 Å². The molecule has 0 rings (SSSR count). The summed E-state index contributed by atoms with van der Waals surface area (Å²) in [4.78, 5) is 0. The zero-order chi connectivity index (χ0) is 6.62. The fourth-order valence-corrected chi connectivity index (χ4v) is 1.28. The van der Waals surface area contributed by atoms with Gasteiger partial charge in [-0.2, -0.15) is 0 Å². The zero-order valence-electron chi connectivity index (χ0n) is 5.26. The minimum atomic E-state index is -2.01. The number of hydrogen-bond acceptors (Lipinski definition) is 2. The van der Waals surface area contributed by atoms with Gasteiger partial charge in [0, 0.05) is 12.8 Å². The highest BCUT2D eigenvalue weighted by Crippen LogP contribution is 2.38. The lowest BCUT2D eigenvalue weighted by molar-refractivity contribution is 0.582. The van der Waals surface area contributed by atoms with Crippen LogP contribution in [0, 0.1) is 6.66 Å². The Hall–Kier alpha value is 0.190. The molecule has 1 unspecified atom stereocenters. The molecule has 0 aromatic rings. The zero-order valence-corrected chi connectivity index (χ0v) is 6.16. The predicted octanol–water partition coefficient (Wildman–Crippen LogP) is 1.12. The predicted molar refractivity (Wildman–Crippen MR) is 37.4 cm³/mol. The van der Waals surface area contributed by atoms with Gasteiger partial charge < -0.3 is 10.3 Å². The van der Waals surface area contributed by atoms with Gasteiger partial charge in [0.2, 0.25) is 0 Å². The molecule has 0 aromatic carbocycles. The maximum absolute atomic E-state index is 10.8. The van der Waals surface area contributed by atoms with Crippen molar-refractivity contribution in [1.82, 2.24) is 0 Å². The Morgan fingerprint density at radius 1 is 1.75 bits per heavy atom. The van der Waals surface area contributed by atoms with Crippen molar-refractivity contribution in [2.75, 3.05) is 19.4 Å². The van der Waals surface area contributed by atoms with Gasteiger partial charge in [-0.3, -0.25) is 0 Å². The van der Waals surface area contributed by atoms with Gasteiger partial charge in [0.25, 0.3) is 0 Å². The summed E-state index contributed by atoms with van der Waals surface area (Å²) < 4.78 is 10.8. The highest BCUT2D eigenvalue weighted by atomic mass is 31.2. The van der Waals surface area contributed by atoms with Crippen molar-refractivity contribution in [1.29, 1.82) is 0 Å². The normalized spacial score (nSPS) is 11.9. The first-order valence-corrected chi connectivity index (χ1v) is 5.19. The molecule has 1 radical (unpaired) electrons. The Bertz CT molecular complexity index is 96.6. The molecule has 0 aliphatic carbocycles. The Balaban J connectivity index is 3.26. The van der Waals surface area contributed by atoms with Gasteiger partial charge in [-0.1, -0.05) is 0 Å². The number of hydrogen-bond donors (Lipinski definition) is 1. The fraction of sp³-hybridized carbons (Fsp3) is 0.800. The third-order valence-electron chi connectivity index (χ3n) is 0.835. The van der Waals surface area contributed by atoms with Crippen LogP contribution in [-0.4, -0.2) is 19.4 Å². The summed E-state index contributed by atoms with van der Waals surface area (Å²) in [5.41, 5.74) is 5.19. The fourth-order valence-electron chi connectivity index (χ4n) is 0.426. The molecule has 2 N–H and O–H groups in total. The van der Waals surface area contributed by atoms with Crippen LogP contribution in [0.1, 0.15) is 6.42 Å². The topological polar surface area (TPSA) is 43.1 Å². The Kier molecular flexibility index (Phi) is 3.34. The van der Waals surface area contributed by atoms with Gasteiger partial charge in [0.15, 0.2) is 0 Å². The number of rotatable bonds is 3. The van der Waals surface area contributed by atoms with E-state index in [-0.39, 0.29) is 0 Å². The molecule has 0 spiro atoms. The van der Waals surface area contributed by atoms with Gasteiger partial charge in [-0.05, 0) is 19.6 Å². The molecule has 0 aromatic heterocycles. The summed E-state index contributed by atoms with van der Waals surface area (Å²) in [6.45, 7) is 5.81. The average Bonchev–Trinajstić information content (AvgIpc) is 1.59. The van der Waals surface area contributed by atoms with Gasteiger partial charge >= 0.3 is 0 Å². The van der Waals surface area contributed by atoms with Gasteiger partial charge in [-0.25, -0.2) is 0 Å². The van der Waals surface area contributed by atoms with Gasteiger partial charge in [-0.15, -0.1) is 0 Å². The minimum absolute atomic E-state index is 0.618. The molecular weight excluding hydrogens is 121 g/mol. The molecule has 0 fully saturated rings. The molecule has 3 heteroatoms. The van der Waals surface area contributed by atoms with E-state index in [0.717, 1.165) is 6.42 Å². The molecule has 0 aliphatic heterocycles. The van der Waals surface area contributed by atoms with Crippen LogP contribution in [0.2, 0.25) is 0 Å². The van der Waals surface area contributed by atoms with Crippen LogP contribution in [0.4, 0.5) is 0 Å². The quantitative estimate of drug-likeness (QED) is 0.588. The van der Waals surface area contributed by atoms with E-state index in [1.807, 2.05) is 0 Å². The molecule has 0 saturated heterocycles. The molecule has 49 valence electrons. The highest BCUT2D eigenvalue weighted by Gasteiger charge is 2.03. The SMILES string of the molecule is [CH2]P(C)(=O)CCCN. The first-order valence-electron chi connectivity index (χ1n) is 2.67. The summed E-state index contributed by atoms with van der Waals surface area (Å²) in [6, 6.07) is 0. The molecule has 2 nitrogen and oxygen atoms in total. The van der Waals surface area contributed by atoms with Crippen LogP contribution < -0.4 is 5.73 Å². The lowest BCUT2D eigenvalue weighted by Gasteiger charge is -2.01. The van der Waals surface area contributed by atoms with Crippen LogP contribution in [0.3, 0.4) is 0 Å². The lowest BCUT2D eigenvalue weighted by atomic mass is 10.5. The lowest BCUT2D eigenvalue weighted by Crippen LogP contribution is -2.00. The highest BCUT2D eigenvalue weighted by molar-refractivity contribution is 7.64. The molecule has 0 saturated carbocycles. The summed E-state index contributed by atoms with van der Waals surface area (Å²) >= 11 is 0. The Morgan fingerprint density at radius 2 is 2.25 bits per heavy atom. The molecule has 1 atom stereocenters. The summed E-state index contributed by atoms with van der Waals surface area (Å²) in [6.07, 6.45) is 1.51. The third-order valence-corrected chi connectivity index (χ3v) is 2.10. The Morgan fingerprint density at radius 3 is 2.38 bits per heavy atom. The summed E-state index contributed by atoms with van der Waals surface area (Å²) in [7, 11) is -2.01. The van der Waals surface area contributed by atoms with Crippen molar-refractivity contribution in [2.45, 2.75) is 6.42 Å². The second kappa shape index (κ2) is 3.26. The van der Waals surface area contributed by atoms with E-state index in [1.54, 1.807) is 6.66 Å². The molecule has 0 bridgehead atoms. The smallest absolute Gasteiger partial charge is 0.0853 e. The van der Waals surface area contributed by atoms with Crippen molar-refractivity contribution in [2.24, 2.45) is 5.73 Å². The van der Waals surface area contributed by atoms with E-state index in [0.29, 0.717) is 12.7 Å². The summed E-state index contributed by atoms with van der Waals surface area (Å²) in [5, 5.41) is 0. The van der Waals surface area contributed by atoms with E-state index < -0.39 is 7.14 Å². The summed E-state index contributed by atoms with van der Waals surface area (Å²) in [5.74, 6) is 0. The molecule has 0 heterocycles. The van der Waals surface area contributed by atoms with Crippen molar-refractivity contribution in [3.63, 3.8) is 0 Å². The average molecular weight is 134 g/mol. The second-order valence-corrected chi connectivity index (χ2v) is 5.20. The first-order chi connectivity index (χ1) is 3.56. The van der Waals surface area contributed by atoms with E-state index in [4.69, 9.17) is 5.73 Å². The molecular formula is C5H13NOP. The number of nitrogens with two attached hydrogens (primary N) is 1. The largest absolute Gasteiger partial charge is 0.330 e. The molecule has 0 aliphatic rings. The standard InChI is InChI=1S/C5H13NOP/c1-8(2,7)5-3-4-6/h1,3-6H2,2H3. The maximum Gasteiger partial charge on any atom is 0.0853 e. The minimum Gasteiger partial charge on any atom is -0.330 e. The molecule has 0 amide bonds. The van der Waals surface area contributed by atoms with E-state index >= 15 is 0 Å². The first kappa shape index (κ1) is 8.19. The van der Waals surface area contributed by atoms with E-state index in [1.165, 1.54) is 0 Å². The van der Waals surface area contributed by atoms with Crippen molar-refractivity contribution in [3.05, 3.63) is 6.66 Å². The molecule has 8 heavy (non-hydrogen) atoms. The van der Waals surface area contributed by atoms with Crippen LogP contribution in [-0.2, 0) is 4.57 Å². The van der Waals surface area contributed by atoms with Gasteiger partial charge in [0.05, 0.1) is 7.14 Å². The van der Waals surface area contributed by atoms with Crippen LogP contribution in [0.15, 0.2) is 0 Å². The van der Waals surface area contributed by atoms with E-state index in [2.05, 4.69) is 6.66 Å². The monoisotopic (exact) mass is 134 g/mol. The van der Waals surface area contributed by atoms with Gasteiger partial charge in [0.1, 0.15) is 0 Å². The second-order valence-electron chi connectivity index (χ2n) is 2.16. The third kappa shape index (κ3) is 6.19. The van der Waals surface area contributed by atoms with Crippen LogP contribution in [0.5, 0.6) is 0 Å². The van der Waals surface area contributed by atoms with E-state index in [9.17, 15) is 4.57 Å². The van der Waals surface area contributed by atoms with Crippen molar-refractivity contribution < 1.29 is 4.57 Å². The Labute approximate surface area is 50.8 Å². The van der Waals surface area contributed by atoms with Crippen LogP contribution >= 0.6 is 7.14 Å².